The van der Waals surface area contributed by atoms with Crippen LogP contribution in [-0.4, -0.2) is 50.7 Å². The molecule has 0 aromatic carbocycles. The lowest BCUT2D eigenvalue weighted by Crippen LogP contribution is -2.44. The van der Waals surface area contributed by atoms with Crippen LogP contribution >= 0.6 is 0 Å². The summed E-state index contributed by atoms with van der Waals surface area (Å²) in [6, 6.07) is 0.227. The first-order chi connectivity index (χ1) is 7.98. The fourth-order valence-corrected chi connectivity index (χ4v) is 2.18. The first-order valence-corrected chi connectivity index (χ1v) is 6.42. The highest BCUT2D eigenvalue weighted by Crippen LogP contribution is 2.30. The molecular formula is C13H26N2O2. The van der Waals surface area contributed by atoms with Gasteiger partial charge in [0.25, 0.3) is 0 Å². The number of hydrogen-bond acceptors (Lipinski definition) is 3. The molecule has 0 saturated carbocycles. The minimum Gasteiger partial charge on any atom is -0.383 e. The molecule has 1 N–H and O–H groups in total. The Kier molecular flexibility index (Phi) is 5.40. The van der Waals surface area contributed by atoms with E-state index in [1.54, 1.807) is 7.11 Å². The zero-order valence-electron chi connectivity index (χ0n) is 11.6. The van der Waals surface area contributed by atoms with E-state index in [9.17, 15) is 4.79 Å². The van der Waals surface area contributed by atoms with Crippen molar-refractivity contribution in [1.82, 2.24) is 10.2 Å². The van der Waals surface area contributed by atoms with Crippen molar-refractivity contribution in [3.8, 4) is 0 Å². The van der Waals surface area contributed by atoms with Gasteiger partial charge in [-0.3, -0.25) is 4.79 Å². The molecule has 0 bridgehead atoms. The van der Waals surface area contributed by atoms with Crippen molar-refractivity contribution in [2.75, 3.05) is 33.9 Å². The Labute approximate surface area is 105 Å². The van der Waals surface area contributed by atoms with Crippen LogP contribution in [0.5, 0.6) is 0 Å². The number of nitrogens with zero attached hydrogens (tertiary/aromatic N) is 1. The molecule has 17 heavy (non-hydrogen) atoms. The van der Waals surface area contributed by atoms with E-state index in [1.807, 2.05) is 11.9 Å². The van der Waals surface area contributed by atoms with Crippen LogP contribution in [0.15, 0.2) is 0 Å². The van der Waals surface area contributed by atoms with E-state index in [0.29, 0.717) is 18.4 Å². The van der Waals surface area contributed by atoms with Crippen molar-refractivity contribution in [1.29, 1.82) is 0 Å². The maximum atomic E-state index is 12.0. The van der Waals surface area contributed by atoms with Crippen molar-refractivity contribution in [2.45, 2.75) is 39.2 Å². The third-order valence-corrected chi connectivity index (χ3v) is 3.64. The molecule has 1 saturated heterocycles. The lowest BCUT2D eigenvalue weighted by atomic mass is 9.85. The number of hydrogen-bond donors (Lipinski definition) is 1. The predicted molar refractivity (Wildman–Crippen MR) is 68.9 cm³/mol. The van der Waals surface area contributed by atoms with Crippen LogP contribution < -0.4 is 5.32 Å². The van der Waals surface area contributed by atoms with Gasteiger partial charge in [-0.1, -0.05) is 13.8 Å². The Morgan fingerprint density at radius 2 is 2.18 bits per heavy atom. The van der Waals surface area contributed by atoms with E-state index >= 15 is 0 Å². The van der Waals surface area contributed by atoms with Gasteiger partial charge in [-0.05, 0) is 25.3 Å². The molecule has 0 aliphatic carbocycles. The summed E-state index contributed by atoms with van der Waals surface area (Å²) in [5.74, 6) is 0.284. The molecule has 4 heteroatoms. The summed E-state index contributed by atoms with van der Waals surface area (Å²) in [7, 11) is 3.60. The quantitative estimate of drug-likeness (QED) is 0.789. The molecule has 1 fully saturated rings. The van der Waals surface area contributed by atoms with Gasteiger partial charge < -0.3 is 15.0 Å². The summed E-state index contributed by atoms with van der Waals surface area (Å²) >= 11 is 0. The second kappa shape index (κ2) is 6.36. The fraction of sp³-hybridized carbons (Fsp3) is 0.923. The largest absolute Gasteiger partial charge is 0.383 e. The summed E-state index contributed by atoms with van der Waals surface area (Å²) in [6.45, 7) is 6.75. The zero-order valence-corrected chi connectivity index (χ0v) is 11.6. The average molecular weight is 242 g/mol. The maximum absolute atomic E-state index is 12.0. The second-order valence-corrected chi connectivity index (χ2v) is 5.69. The van der Waals surface area contributed by atoms with Crippen molar-refractivity contribution in [3.05, 3.63) is 0 Å². The molecule has 1 amide bonds. The highest BCUT2D eigenvalue weighted by molar-refractivity contribution is 5.76. The van der Waals surface area contributed by atoms with E-state index < -0.39 is 0 Å². The number of methoxy groups -OCH3 is 1. The number of amides is 1. The third kappa shape index (κ3) is 4.64. The predicted octanol–water partition coefficient (Wildman–Crippen LogP) is 1.26. The lowest BCUT2D eigenvalue weighted by Gasteiger charge is -2.27. The zero-order chi connectivity index (χ0) is 12.9. The molecule has 1 atom stereocenters. The SMILES string of the molecule is CNC(COC)CN1CCC(C)(C)CCC1=O. The van der Waals surface area contributed by atoms with Crippen molar-refractivity contribution in [3.63, 3.8) is 0 Å². The number of carbonyl (C=O) groups is 1. The molecule has 4 nitrogen and oxygen atoms in total. The Morgan fingerprint density at radius 1 is 1.47 bits per heavy atom. The summed E-state index contributed by atoms with van der Waals surface area (Å²) in [4.78, 5) is 14.0. The molecule has 1 aliphatic heterocycles. The van der Waals surface area contributed by atoms with E-state index in [0.717, 1.165) is 25.9 Å². The Morgan fingerprint density at radius 3 is 2.76 bits per heavy atom. The Balaban J connectivity index is 2.54. The molecular weight excluding hydrogens is 216 g/mol. The molecule has 0 aromatic heterocycles. The topological polar surface area (TPSA) is 41.6 Å². The summed E-state index contributed by atoms with van der Waals surface area (Å²) < 4.78 is 5.14. The van der Waals surface area contributed by atoms with Gasteiger partial charge in [-0.15, -0.1) is 0 Å². The number of likely N-dealkylation sites (N-methyl/N-ethyl adjacent to an activating group) is 1. The van der Waals surface area contributed by atoms with Crippen LogP contribution in [-0.2, 0) is 9.53 Å². The van der Waals surface area contributed by atoms with Gasteiger partial charge in [0, 0.05) is 32.7 Å². The monoisotopic (exact) mass is 242 g/mol. The van der Waals surface area contributed by atoms with Gasteiger partial charge in [-0.2, -0.15) is 0 Å². The van der Waals surface area contributed by atoms with Crippen molar-refractivity contribution < 1.29 is 9.53 Å². The third-order valence-electron chi connectivity index (χ3n) is 3.64. The number of ether oxygens (including phenoxy) is 1. The van der Waals surface area contributed by atoms with E-state index in [4.69, 9.17) is 4.74 Å². The smallest absolute Gasteiger partial charge is 0.222 e. The minimum atomic E-state index is 0.227. The van der Waals surface area contributed by atoms with Gasteiger partial charge in [0.05, 0.1) is 6.61 Å². The fourth-order valence-electron chi connectivity index (χ4n) is 2.18. The molecule has 0 spiro atoms. The van der Waals surface area contributed by atoms with Crippen LogP contribution in [0.25, 0.3) is 0 Å². The van der Waals surface area contributed by atoms with Crippen molar-refractivity contribution >= 4 is 5.91 Å². The molecule has 1 heterocycles. The lowest BCUT2D eigenvalue weighted by molar-refractivity contribution is -0.131. The second-order valence-electron chi connectivity index (χ2n) is 5.69. The Hall–Kier alpha value is -0.610. The summed E-state index contributed by atoms with van der Waals surface area (Å²) in [5, 5.41) is 3.19. The van der Waals surface area contributed by atoms with Gasteiger partial charge >= 0.3 is 0 Å². The molecule has 0 aromatic rings. The number of nitrogens with one attached hydrogen (secondary N) is 1. The molecule has 1 unspecified atom stereocenters. The molecule has 1 rings (SSSR count). The maximum Gasteiger partial charge on any atom is 0.222 e. The first kappa shape index (κ1) is 14.5. The summed E-state index contributed by atoms with van der Waals surface area (Å²) in [5.41, 5.74) is 0.292. The normalized spacial score (nSPS) is 22.4. The van der Waals surface area contributed by atoms with Crippen LogP contribution in [0.4, 0.5) is 0 Å². The number of likely N-dealkylation sites (tertiary alicyclic amines) is 1. The van der Waals surface area contributed by atoms with E-state index in [2.05, 4.69) is 19.2 Å². The van der Waals surface area contributed by atoms with Crippen LogP contribution in [0, 0.1) is 5.41 Å². The molecule has 100 valence electrons. The molecule has 0 radical (unpaired) electrons. The number of rotatable bonds is 5. The number of carbonyl (C=O) groups excluding carboxylic acids is 1. The summed E-state index contributed by atoms with van der Waals surface area (Å²) in [6.07, 6.45) is 2.76. The minimum absolute atomic E-state index is 0.227. The van der Waals surface area contributed by atoms with Crippen LogP contribution in [0.3, 0.4) is 0 Å². The average Bonchev–Trinajstić information content (AvgIpc) is 2.41. The van der Waals surface area contributed by atoms with Gasteiger partial charge in [0.15, 0.2) is 0 Å². The van der Waals surface area contributed by atoms with Crippen LogP contribution in [0.1, 0.15) is 33.1 Å². The van der Waals surface area contributed by atoms with Gasteiger partial charge in [-0.25, -0.2) is 0 Å². The van der Waals surface area contributed by atoms with Crippen LogP contribution in [0.2, 0.25) is 0 Å². The van der Waals surface area contributed by atoms with E-state index in [1.165, 1.54) is 0 Å². The Bertz CT molecular complexity index is 254. The van der Waals surface area contributed by atoms with Crippen molar-refractivity contribution in [2.24, 2.45) is 5.41 Å². The highest BCUT2D eigenvalue weighted by atomic mass is 16.5. The van der Waals surface area contributed by atoms with Gasteiger partial charge in [0.2, 0.25) is 5.91 Å². The highest BCUT2D eigenvalue weighted by Gasteiger charge is 2.28. The molecule has 1 aliphatic rings. The van der Waals surface area contributed by atoms with Gasteiger partial charge in [0.1, 0.15) is 0 Å². The van der Waals surface area contributed by atoms with E-state index in [-0.39, 0.29) is 11.9 Å². The standard InChI is InChI=1S/C13H26N2O2/c1-13(2)6-5-12(16)15(8-7-13)9-11(14-3)10-17-4/h11,14H,5-10H2,1-4H3. The first-order valence-electron chi connectivity index (χ1n) is 6.42.